The van der Waals surface area contributed by atoms with Crippen molar-refractivity contribution in [3.8, 4) is 89.8 Å². The van der Waals surface area contributed by atoms with Crippen molar-refractivity contribution in [2.45, 2.75) is 9.79 Å². The Morgan fingerprint density at radius 1 is 0.344 bits per heavy atom. The molecule has 0 spiro atoms. The molecule has 3 heterocycles. The van der Waals surface area contributed by atoms with Crippen LogP contribution in [0.25, 0.3) is 101 Å². The summed E-state index contributed by atoms with van der Waals surface area (Å²) in [5.41, 5.74) is 11.3. The van der Waals surface area contributed by atoms with E-state index >= 15 is 8.42 Å². The lowest BCUT2D eigenvalue weighted by atomic mass is 9.85. The Kier molecular flexibility index (Phi) is 8.76. The van der Waals surface area contributed by atoms with E-state index in [4.69, 9.17) is 19.9 Å². The molecule has 0 saturated carbocycles. The first-order chi connectivity index (χ1) is 30.0. The van der Waals surface area contributed by atoms with Crippen LogP contribution in [0.4, 0.5) is 0 Å². The van der Waals surface area contributed by atoms with E-state index in [-0.39, 0.29) is 9.79 Å². The number of aromatic nitrogens is 4. The Morgan fingerprint density at radius 2 is 0.836 bits per heavy atom. The van der Waals surface area contributed by atoms with Crippen LogP contribution in [0.1, 0.15) is 0 Å². The van der Waals surface area contributed by atoms with E-state index in [0.29, 0.717) is 39.5 Å². The monoisotopic (exact) mass is 802 g/mol. The second-order valence-corrected chi connectivity index (χ2v) is 16.9. The van der Waals surface area contributed by atoms with Crippen LogP contribution in [-0.2, 0) is 9.84 Å². The van der Waals surface area contributed by atoms with Crippen molar-refractivity contribution < 1.29 is 8.42 Å². The zero-order chi connectivity index (χ0) is 40.9. The lowest BCUT2D eigenvalue weighted by Crippen LogP contribution is -2.07. The summed E-state index contributed by atoms with van der Waals surface area (Å²) in [6, 6.07) is 63.4. The molecule has 11 rings (SSSR count). The second-order valence-electron chi connectivity index (χ2n) is 15.0. The van der Waals surface area contributed by atoms with Crippen molar-refractivity contribution >= 4 is 20.6 Å². The van der Waals surface area contributed by atoms with Gasteiger partial charge in [-0.3, -0.25) is 0 Å². The van der Waals surface area contributed by atoms with Gasteiger partial charge in [-0.15, -0.1) is 0 Å². The van der Waals surface area contributed by atoms with Crippen LogP contribution in [0.5, 0.6) is 0 Å². The Bertz CT molecular complexity index is 3430. The van der Waals surface area contributed by atoms with Gasteiger partial charge in [-0.05, 0) is 57.0 Å². The number of hydrogen-bond acceptors (Lipinski definition) is 6. The van der Waals surface area contributed by atoms with Crippen molar-refractivity contribution in [1.29, 1.82) is 0 Å². The Labute approximate surface area is 353 Å². The topological polar surface area (TPSA) is 85.7 Å². The van der Waals surface area contributed by atoms with Crippen molar-refractivity contribution in [2.75, 3.05) is 0 Å². The summed E-state index contributed by atoms with van der Waals surface area (Å²) < 4.78 is 31.2. The predicted octanol–water partition coefficient (Wildman–Crippen LogP) is 12.9. The maximum absolute atomic E-state index is 15.6. The summed E-state index contributed by atoms with van der Waals surface area (Å²) in [5.74, 6) is 1.17. The van der Waals surface area contributed by atoms with E-state index in [1.54, 1.807) is 24.5 Å². The fraction of sp³-hybridized carbons (Fsp3) is 0. The minimum atomic E-state index is -4.14. The van der Waals surface area contributed by atoms with Crippen molar-refractivity contribution in [1.82, 2.24) is 19.9 Å². The molecule has 0 unspecified atom stereocenters. The molecule has 288 valence electrons. The van der Waals surface area contributed by atoms with Crippen LogP contribution in [0.15, 0.2) is 216 Å². The van der Waals surface area contributed by atoms with Gasteiger partial charge in [0, 0.05) is 51.2 Å². The third kappa shape index (κ3) is 6.31. The van der Waals surface area contributed by atoms with E-state index in [0.717, 1.165) is 61.0 Å². The third-order valence-electron chi connectivity index (χ3n) is 11.4. The van der Waals surface area contributed by atoms with E-state index < -0.39 is 9.84 Å². The smallest absolute Gasteiger partial charge is 0.208 e. The molecule has 0 radical (unpaired) electrons. The van der Waals surface area contributed by atoms with Gasteiger partial charge in [-0.25, -0.2) is 28.4 Å². The molecule has 0 fully saturated rings. The van der Waals surface area contributed by atoms with Crippen LogP contribution in [0.3, 0.4) is 0 Å². The number of nitrogens with zero attached hydrogens (tertiary/aromatic N) is 4. The molecule has 8 aromatic carbocycles. The molecule has 10 aromatic rings. The zero-order valence-electron chi connectivity index (χ0n) is 32.6. The van der Waals surface area contributed by atoms with Gasteiger partial charge < -0.3 is 0 Å². The van der Waals surface area contributed by atoms with Crippen LogP contribution in [0.2, 0.25) is 0 Å². The van der Waals surface area contributed by atoms with Crippen molar-refractivity contribution in [2.24, 2.45) is 0 Å². The molecule has 0 aliphatic carbocycles. The molecule has 2 aromatic heterocycles. The van der Waals surface area contributed by atoms with E-state index in [1.165, 1.54) is 0 Å². The third-order valence-corrected chi connectivity index (χ3v) is 13.3. The van der Waals surface area contributed by atoms with Crippen LogP contribution >= 0.6 is 0 Å². The molecule has 7 heteroatoms. The van der Waals surface area contributed by atoms with Gasteiger partial charge in [-0.1, -0.05) is 176 Å². The summed E-state index contributed by atoms with van der Waals surface area (Å²) in [4.78, 5) is 20.2. The fourth-order valence-corrected chi connectivity index (χ4v) is 10.4. The van der Waals surface area contributed by atoms with Gasteiger partial charge in [0.05, 0.1) is 21.2 Å². The molecule has 61 heavy (non-hydrogen) atoms. The molecule has 0 amide bonds. The van der Waals surface area contributed by atoms with Crippen molar-refractivity contribution in [3.05, 3.63) is 207 Å². The highest BCUT2D eigenvalue weighted by molar-refractivity contribution is 7.92. The molecule has 0 N–H and O–H groups in total. The summed E-state index contributed by atoms with van der Waals surface area (Å²) in [5, 5.41) is 1.49. The standard InChI is InChI=1S/C54H34N4O2S/c59-61(60)51-26-14-13-25-46(51)44-24-12-11-22-42(44)41-21-9-10-23-43(41)45-29-28-38(31-48(45)47-30-27-35-15-7-8-20-40(35)52(47)61)49-32-50(58-54(57-49)37-18-5-2-6-19-37)39-33-55-53(56-34-39)36-16-3-1-4-17-36/h1-34H. The van der Waals surface area contributed by atoms with Gasteiger partial charge in [0.15, 0.2) is 11.6 Å². The van der Waals surface area contributed by atoms with Crippen LogP contribution < -0.4 is 0 Å². The molecular formula is C54H34N4O2S. The van der Waals surface area contributed by atoms with Crippen LogP contribution in [0, 0.1) is 0 Å². The molecule has 6 nitrogen and oxygen atoms in total. The fourth-order valence-electron chi connectivity index (χ4n) is 8.50. The van der Waals surface area contributed by atoms with Gasteiger partial charge >= 0.3 is 0 Å². The number of fused-ring (bicyclic) bond motifs is 11. The van der Waals surface area contributed by atoms with E-state index in [2.05, 4.69) is 36.4 Å². The van der Waals surface area contributed by atoms with E-state index in [1.807, 2.05) is 146 Å². The first-order valence-corrected chi connectivity index (χ1v) is 21.5. The van der Waals surface area contributed by atoms with Crippen molar-refractivity contribution in [3.63, 3.8) is 0 Å². The van der Waals surface area contributed by atoms with Gasteiger partial charge in [-0.2, -0.15) is 0 Å². The summed E-state index contributed by atoms with van der Waals surface area (Å²) >= 11 is 0. The lowest BCUT2D eigenvalue weighted by molar-refractivity contribution is 0.597. The second kappa shape index (κ2) is 14.7. The quantitative estimate of drug-likeness (QED) is 0.176. The highest BCUT2D eigenvalue weighted by atomic mass is 32.2. The number of benzene rings is 8. The lowest BCUT2D eigenvalue weighted by Gasteiger charge is -2.19. The minimum Gasteiger partial charge on any atom is -0.236 e. The normalized spacial score (nSPS) is 12.5. The largest absolute Gasteiger partial charge is 0.236 e. The van der Waals surface area contributed by atoms with Gasteiger partial charge in [0.2, 0.25) is 9.84 Å². The maximum Gasteiger partial charge on any atom is 0.208 e. The minimum absolute atomic E-state index is 0.255. The number of hydrogen-bond donors (Lipinski definition) is 0. The van der Waals surface area contributed by atoms with Crippen LogP contribution in [-0.4, -0.2) is 28.4 Å². The highest BCUT2D eigenvalue weighted by Gasteiger charge is 2.31. The molecule has 0 saturated heterocycles. The summed E-state index contributed by atoms with van der Waals surface area (Å²) in [6.07, 6.45) is 3.59. The molecule has 0 bridgehead atoms. The SMILES string of the molecule is O=S1(=O)c2ccccc2-c2ccccc2-c2ccccc2-c2ccc(-c3cc(-c4cnc(-c5ccccc5)nc4)nc(-c4ccccc4)n3)cc2-c2ccc3ccccc3c21. The molecule has 1 aliphatic heterocycles. The Hall–Kier alpha value is -7.87. The first kappa shape index (κ1) is 36.2. The highest BCUT2D eigenvalue weighted by Crippen LogP contribution is 2.48. The summed E-state index contributed by atoms with van der Waals surface area (Å²) in [6.45, 7) is 0. The molecular weight excluding hydrogens is 769 g/mol. The Morgan fingerprint density at radius 3 is 1.49 bits per heavy atom. The van der Waals surface area contributed by atoms with E-state index in [9.17, 15) is 0 Å². The molecule has 1 aliphatic rings. The average molecular weight is 803 g/mol. The maximum atomic E-state index is 15.6. The first-order valence-electron chi connectivity index (χ1n) is 20.0. The number of sulfone groups is 1. The van der Waals surface area contributed by atoms with Gasteiger partial charge in [0.25, 0.3) is 0 Å². The predicted molar refractivity (Wildman–Crippen MR) is 244 cm³/mol. The van der Waals surface area contributed by atoms with Gasteiger partial charge in [0.1, 0.15) is 0 Å². The average Bonchev–Trinajstić information content (AvgIpc) is 3.34. The molecule has 0 atom stereocenters. The Balaban J connectivity index is 1.20. The zero-order valence-corrected chi connectivity index (χ0v) is 33.5. The summed E-state index contributed by atoms with van der Waals surface area (Å²) in [7, 11) is -4.14. The number of rotatable bonds is 4.